The van der Waals surface area contributed by atoms with Crippen molar-refractivity contribution < 1.29 is 5.11 Å². The van der Waals surface area contributed by atoms with E-state index >= 15 is 0 Å². The molecule has 0 heterocycles. The number of aliphatic hydroxyl groups excluding tert-OH is 1. The van der Waals surface area contributed by atoms with Crippen molar-refractivity contribution in [3.63, 3.8) is 0 Å². The molecule has 0 aliphatic heterocycles. The molecule has 0 amide bonds. The van der Waals surface area contributed by atoms with Crippen LogP contribution < -0.4 is 4.90 Å². The molecule has 3 heteroatoms. The monoisotopic (exact) mass is 244 g/mol. The Hall–Kier alpha value is -1.53. The first-order chi connectivity index (χ1) is 8.81. The van der Waals surface area contributed by atoms with Crippen LogP contribution in [0, 0.1) is 11.3 Å². The van der Waals surface area contributed by atoms with Crippen molar-refractivity contribution in [1.82, 2.24) is 0 Å². The Morgan fingerprint density at radius 2 is 1.83 bits per heavy atom. The normalized spacial score (nSPS) is 23.3. The molecule has 0 saturated heterocycles. The topological polar surface area (TPSA) is 47.3 Å². The summed E-state index contributed by atoms with van der Waals surface area (Å²) in [6.45, 7) is 0.779. The molecule has 0 bridgehead atoms. The third-order valence-electron chi connectivity index (χ3n) is 3.66. The van der Waals surface area contributed by atoms with E-state index in [0.717, 1.165) is 32.2 Å². The van der Waals surface area contributed by atoms with Gasteiger partial charge in [-0.05, 0) is 37.8 Å². The lowest BCUT2D eigenvalue weighted by Gasteiger charge is -2.37. The Labute approximate surface area is 109 Å². The SMILES string of the molecule is N#CCCN(c1ccccc1)C1CCC(O)CC1. The fourth-order valence-corrected chi connectivity index (χ4v) is 2.68. The molecule has 0 atom stereocenters. The summed E-state index contributed by atoms with van der Waals surface area (Å²) in [6.07, 6.45) is 4.20. The minimum atomic E-state index is -0.130. The minimum absolute atomic E-state index is 0.130. The Kier molecular flexibility index (Phi) is 4.60. The second-order valence-electron chi connectivity index (χ2n) is 4.90. The summed E-state index contributed by atoms with van der Waals surface area (Å²) in [5.41, 5.74) is 1.19. The molecule has 1 N–H and O–H groups in total. The molecule has 1 aromatic carbocycles. The average Bonchev–Trinajstić information content (AvgIpc) is 2.42. The maximum atomic E-state index is 9.58. The molecule has 1 fully saturated rings. The number of hydrogen-bond acceptors (Lipinski definition) is 3. The standard InChI is InChI=1S/C15H20N2O/c16-11-4-12-17(13-5-2-1-3-6-13)14-7-9-15(18)10-8-14/h1-3,5-6,14-15,18H,4,7-10,12H2. The second-order valence-corrected chi connectivity index (χ2v) is 4.90. The van der Waals surface area contributed by atoms with Gasteiger partial charge in [0, 0.05) is 18.3 Å². The van der Waals surface area contributed by atoms with Crippen LogP contribution in [0.4, 0.5) is 5.69 Å². The molecular weight excluding hydrogens is 224 g/mol. The fraction of sp³-hybridized carbons (Fsp3) is 0.533. The van der Waals surface area contributed by atoms with Crippen molar-refractivity contribution in [2.45, 2.75) is 44.2 Å². The van der Waals surface area contributed by atoms with Crippen LogP contribution in [0.3, 0.4) is 0 Å². The maximum Gasteiger partial charge on any atom is 0.0640 e. The molecular formula is C15H20N2O. The minimum Gasteiger partial charge on any atom is -0.393 e. The van der Waals surface area contributed by atoms with E-state index in [4.69, 9.17) is 5.26 Å². The van der Waals surface area contributed by atoms with E-state index < -0.39 is 0 Å². The van der Waals surface area contributed by atoms with Gasteiger partial charge in [0.25, 0.3) is 0 Å². The molecule has 18 heavy (non-hydrogen) atoms. The lowest BCUT2D eigenvalue weighted by atomic mass is 9.91. The molecule has 0 spiro atoms. The highest BCUT2D eigenvalue weighted by Gasteiger charge is 2.24. The van der Waals surface area contributed by atoms with Gasteiger partial charge in [-0.15, -0.1) is 0 Å². The number of hydrogen-bond donors (Lipinski definition) is 1. The number of rotatable bonds is 4. The van der Waals surface area contributed by atoms with Crippen molar-refractivity contribution >= 4 is 5.69 Å². The van der Waals surface area contributed by atoms with Gasteiger partial charge in [-0.3, -0.25) is 0 Å². The van der Waals surface area contributed by atoms with Crippen LogP contribution in [0.1, 0.15) is 32.1 Å². The van der Waals surface area contributed by atoms with Crippen molar-refractivity contribution in [3.8, 4) is 6.07 Å². The Balaban J connectivity index is 2.08. The summed E-state index contributed by atoms with van der Waals surface area (Å²) >= 11 is 0. The first-order valence-electron chi connectivity index (χ1n) is 6.68. The van der Waals surface area contributed by atoms with Crippen LogP contribution in [0.25, 0.3) is 0 Å². The summed E-state index contributed by atoms with van der Waals surface area (Å²) in [7, 11) is 0. The molecule has 3 nitrogen and oxygen atoms in total. The van der Waals surface area contributed by atoms with Gasteiger partial charge in [-0.25, -0.2) is 0 Å². The summed E-state index contributed by atoms with van der Waals surface area (Å²) < 4.78 is 0. The molecule has 1 aliphatic carbocycles. The molecule has 0 unspecified atom stereocenters. The van der Waals surface area contributed by atoms with Crippen molar-refractivity contribution in [1.29, 1.82) is 5.26 Å². The van der Waals surface area contributed by atoms with Crippen LogP contribution in [-0.2, 0) is 0 Å². The molecule has 1 saturated carbocycles. The first-order valence-corrected chi connectivity index (χ1v) is 6.68. The van der Waals surface area contributed by atoms with Gasteiger partial charge in [0.2, 0.25) is 0 Å². The van der Waals surface area contributed by atoms with Crippen molar-refractivity contribution in [2.75, 3.05) is 11.4 Å². The van der Waals surface area contributed by atoms with Crippen LogP contribution in [0.2, 0.25) is 0 Å². The van der Waals surface area contributed by atoms with Gasteiger partial charge >= 0.3 is 0 Å². The zero-order chi connectivity index (χ0) is 12.8. The predicted molar refractivity (Wildman–Crippen MR) is 72.3 cm³/mol. The van der Waals surface area contributed by atoms with Gasteiger partial charge in [-0.2, -0.15) is 5.26 Å². The zero-order valence-corrected chi connectivity index (χ0v) is 10.6. The summed E-state index contributed by atoms with van der Waals surface area (Å²) in [4.78, 5) is 2.33. The van der Waals surface area contributed by atoms with Gasteiger partial charge in [0.05, 0.1) is 18.6 Å². The third kappa shape index (κ3) is 3.24. The molecule has 0 radical (unpaired) electrons. The number of anilines is 1. The van der Waals surface area contributed by atoms with Gasteiger partial charge in [0.1, 0.15) is 0 Å². The van der Waals surface area contributed by atoms with Gasteiger partial charge in [-0.1, -0.05) is 18.2 Å². The zero-order valence-electron chi connectivity index (χ0n) is 10.6. The van der Waals surface area contributed by atoms with E-state index in [1.54, 1.807) is 0 Å². The summed E-state index contributed by atoms with van der Waals surface area (Å²) in [5, 5.41) is 18.4. The molecule has 0 aromatic heterocycles. The lowest BCUT2D eigenvalue weighted by molar-refractivity contribution is 0.121. The van der Waals surface area contributed by atoms with Gasteiger partial charge in [0.15, 0.2) is 0 Å². The van der Waals surface area contributed by atoms with Crippen LogP contribution in [0.5, 0.6) is 0 Å². The molecule has 2 rings (SSSR count). The van der Waals surface area contributed by atoms with E-state index in [0.29, 0.717) is 12.5 Å². The summed E-state index contributed by atoms with van der Waals surface area (Å²) in [5.74, 6) is 0. The van der Waals surface area contributed by atoms with E-state index in [1.165, 1.54) is 5.69 Å². The van der Waals surface area contributed by atoms with Crippen molar-refractivity contribution in [2.24, 2.45) is 0 Å². The van der Waals surface area contributed by atoms with Crippen molar-refractivity contribution in [3.05, 3.63) is 30.3 Å². The number of para-hydroxylation sites is 1. The second kappa shape index (κ2) is 6.42. The summed E-state index contributed by atoms with van der Waals surface area (Å²) in [6, 6.07) is 13.0. The number of nitrogens with zero attached hydrogens (tertiary/aromatic N) is 2. The highest BCUT2D eigenvalue weighted by molar-refractivity contribution is 5.47. The predicted octanol–water partition coefficient (Wildman–Crippen LogP) is 2.71. The van der Waals surface area contributed by atoms with Crippen LogP contribution >= 0.6 is 0 Å². The third-order valence-corrected chi connectivity index (χ3v) is 3.66. The largest absolute Gasteiger partial charge is 0.393 e. The number of nitriles is 1. The van der Waals surface area contributed by atoms with E-state index in [2.05, 4.69) is 23.1 Å². The smallest absolute Gasteiger partial charge is 0.0640 e. The highest BCUT2D eigenvalue weighted by Crippen LogP contribution is 2.27. The quantitative estimate of drug-likeness (QED) is 0.885. The first kappa shape index (κ1) is 12.9. The number of aliphatic hydroxyl groups is 1. The van der Waals surface area contributed by atoms with Crippen LogP contribution in [0.15, 0.2) is 30.3 Å². The highest BCUT2D eigenvalue weighted by atomic mass is 16.3. The Morgan fingerprint density at radius 3 is 2.44 bits per heavy atom. The van der Waals surface area contributed by atoms with E-state index in [1.807, 2.05) is 18.2 Å². The Morgan fingerprint density at radius 1 is 1.17 bits per heavy atom. The average molecular weight is 244 g/mol. The van der Waals surface area contributed by atoms with Gasteiger partial charge < -0.3 is 10.0 Å². The lowest BCUT2D eigenvalue weighted by Crippen LogP contribution is -2.39. The van der Waals surface area contributed by atoms with E-state index in [9.17, 15) is 5.11 Å². The number of benzene rings is 1. The van der Waals surface area contributed by atoms with E-state index in [-0.39, 0.29) is 6.10 Å². The fourth-order valence-electron chi connectivity index (χ4n) is 2.68. The molecule has 1 aliphatic rings. The molecule has 1 aromatic rings. The molecule has 96 valence electrons. The van der Waals surface area contributed by atoms with Crippen LogP contribution in [-0.4, -0.2) is 23.8 Å². The Bertz CT molecular complexity index is 391. The maximum absolute atomic E-state index is 9.58.